The van der Waals surface area contributed by atoms with E-state index in [4.69, 9.17) is 18.9 Å². The molecule has 210 valence electrons. The van der Waals surface area contributed by atoms with Crippen molar-refractivity contribution in [1.82, 2.24) is 4.98 Å². The molecule has 0 spiro atoms. The Morgan fingerprint density at radius 1 is 1.12 bits per heavy atom. The molecule has 1 aliphatic heterocycles. The number of aromatic nitrogens is 1. The quantitative estimate of drug-likeness (QED) is 0.192. The van der Waals surface area contributed by atoms with Gasteiger partial charge in [0.15, 0.2) is 5.76 Å². The number of aliphatic hydroxyl groups excluding tert-OH is 1. The molecule has 0 unspecified atom stereocenters. The third kappa shape index (κ3) is 5.63. The van der Waals surface area contributed by atoms with E-state index in [0.717, 1.165) is 37.3 Å². The van der Waals surface area contributed by atoms with Crippen LogP contribution in [0.2, 0.25) is 0 Å². The maximum atomic E-state index is 13.5. The van der Waals surface area contributed by atoms with Crippen LogP contribution in [-0.2, 0) is 14.3 Å². The summed E-state index contributed by atoms with van der Waals surface area (Å²) in [7, 11) is 0. The number of anilines is 1. The standard InChI is InChI=1S/C33H32N2O5S/c1-3-38-33-24(8-6-16-36)25(26-19-39-28-9-5-4-7-23(26)28)18-29(40-33)31(37)34-22-13-11-21(12-14-22)32-35-27-15-10-20(2)17-30(27)41-32/h4-5,7,9-15,17-19,24-25,33,36H,3,6,8,16H2,1-2H3,(H,34,37)/t24-,25+,33-/m1/s1. The minimum Gasteiger partial charge on any atom is -0.464 e. The molecule has 6 rings (SSSR count). The summed E-state index contributed by atoms with van der Waals surface area (Å²) in [6, 6.07) is 21.8. The monoisotopic (exact) mass is 568 g/mol. The highest BCUT2D eigenvalue weighted by Gasteiger charge is 2.39. The molecule has 2 N–H and O–H groups in total. The number of amides is 1. The van der Waals surface area contributed by atoms with Crippen molar-refractivity contribution in [3.05, 3.63) is 96.0 Å². The molecule has 2 aromatic heterocycles. The van der Waals surface area contributed by atoms with Crippen LogP contribution in [-0.4, -0.2) is 35.5 Å². The number of benzene rings is 3. The number of allylic oxidation sites excluding steroid dienone is 1. The molecule has 0 fully saturated rings. The lowest BCUT2D eigenvalue weighted by Crippen LogP contribution is -2.37. The predicted octanol–water partition coefficient (Wildman–Crippen LogP) is 7.41. The Kier molecular flexibility index (Phi) is 7.87. The Hall–Kier alpha value is -3.98. The van der Waals surface area contributed by atoms with Crippen molar-refractivity contribution in [2.24, 2.45) is 5.92 Å². The fourth-order valence-electron chi connectivity index (χ4n) is 5.42. The van der Waals surface area contributed by atoms with Crippen LogP contribution < -0.4 is 5.32 Å². The van der Waals surface area contributed by atoms with Crippen molar-refractivity contribution >= 4 is 44.1 Å². The highest BCUT2D eigenvalue weighted by Crippen LogP contribution is 2.42. The second-order valence-electron chi connectivity index (χ2n) is 10.2. The number of furan rings is 1. The number of nitrogens with zero attached hydrogens (tertiary/aromatic N) is 1. The summed E-state index contributed by atoms with van der Waals surface area (Å²) in [6.45, 7) is 4.48. The van der Waals surface area contributed by atoms with Gasteiger partial charge in [-0.2, -0.15) is 0 Å². The second kappa shape index (κ2) is 11.9. The first-order chi connectivity index (χ1) is 20.0. The van der Waals surface area contributed by atoms with Crippen molar-refractivity contribution in [2.45, 2.75) is 38.9 Å². The average Bonchev–Trinajstić information content (AvgIpc) is 3.61. The Morgan fingerprint density at radius 2 is 1.95 bits per heavy atom. The van der Waals surface area contributed by atoms with Gasteiger partial charge in [-0.25, -0.2) is 4.98 Å². The van der Waals surface area contributed by atoms with Crippen molar-refractivity contribution in [2.75, 3.05) is 18.5 Å². The highest BCUT2D eigenvalue weighted by atomic mass is 32.1. The minimum absolute atomic E-state index is 0.0674. The van der Waals surface area contributed by atoms with Crippen LogP contribution in [0.5, 0.6) is 0 Å². The number of hydrogen-bond donors (Lipinski definition) is 2. The van der Waals surface area contributed by atoms with Gasteiger partial charge in [0.1, 0.15) is 10.6 Å². The number of thiazole rings is 1. The number of hydrogen-bond acceptors (Lipinski definition) is 7. The predicted molar refractivity (Wildman–Crippen MR) is 162 cm³/mol. The van der Waals surface area contributed by atoms with Gasteiger partial charge in [0.25, 0.3) is 5.91 Å². The van der Waals surface area contributed by atoms with E-state index in [-0.39, 0.29) is 30.1 Å². The number of aryl methyl sites for hydroxylation is 1. The lowest BCUT2D eigenvalue weighted by Gasteiger charge is -2.36. The molecule has 0 radical (unpaired) electrons. The zero-order chi connectivity index (χ0) is 28.3. The average molecular weight is 569 g/mol. The van der Waals surface area contributed by atoms with Crippen LogP contribution in [0.3, 0.4) is 0 Å². The largest absolute Gasteiger partial charge is 0.464 e. The number of carbonyl (C=O) groups excluding carboxylic acids is 1. The smallest absolute Gasteiger partial charge is 0.290 e. The second-order valence-corrected chi connectivity index (χ2v) is 11.3. The summed E-state index contributed by atoms with van der Waals surface area (Å²) >= 11 is 1.65. The number of fused-ring (bicyclic) bond motifs is 2. The molecule has 0 aliphatic carbocycles. The first-order valence-electron chi connectivity index (χ1n) is 13.9. The third-order valence-electron chi connectivity index (χ3n) is 7.44. The molecule has 5 aromatic rings. The lowest BCUT2D eigenvalue weighted by atomic mass is 9.80. The number of aliphatic hydroxyl groups is 1. The first kappa shape index (κ1) is 27.2. The topological polar surface area (TPSA) is 93.8 Å². The van der Waals surface area contributed by atoms with E-state index in [1.165, 1.54) is 5.56 Å². The van der Waals surface area contributed by atoms with Crippen LogP contribution in [0.4, 0.5) is 5.69 Å². The molecule has 3 heterocycles. The summed E-state index contributed by atoms with van der Waals surface area (Å²) in [5, 5.41) is 14.5. The van der Waals surface area contributed by atoms with Crippen LogP contribution in [0.1, 0.15) is 36.8 Å². The van der Waals surface area contributed by atoms with Crippen LogP contribution in [0, 0.1) is 12.8 Å². The lowest BCUT2D eigenvalue weighted by molar-refractivity contribution is -0.164. The van der Waals surface area contributed by atoms with Gasteiger partial charge >= 0.3 is 0 Å². The van der Waals surface area contributed by atoms with Gasteiger partial charge in [0, 0.05) is 47.3 Å². The van der Waals surface area contributed by atoms with Gasteiger partial charge < -0.3 is 24.3 Å². The van der Waals surface area contributed by atoms with E-state index in [1.807, 2.05) is 67.6 Å². The van der Waals surface area contributed by atoms with Crippen molar-refractivity contribution in [1.29, 1.82) is 0 Å². The Morgan fingerprint density at radius 3 is 2.76 bits per heavy atom. The highest BCUT2D eigenvalue weighted by molar-refractivity contribution is 7.21. The number of carbonyl (C=O) groups is 1. The molecule has 0 saturated heterocycles. The summed E-state index contributed by atoms with van der Waals surface area (Å²) in [4.78, 5) is 18.2. The molecule has 3 aromatic carbocycles. The van der Waals surface area contributed by atoms with E-state index < -0.39 is 6.29 Å². The SMILES string of the molecule is CCO[C@@H]1OC(C(=O)Nc2ccc(-c3nc4ccc(C)cc4s3)cc2)=C[C@H](c2coc3ccccc23)[C@H]1CCCO. The molecule has 1 aliphatic rings. The molecule has 0 saturated carbocycles. The van der Waals surface area contributed by atoms with Crippen molar-refractivity contribution < 1.29 is 23.8 Å². The van der Waals surface area contributed by atoms with E-state index in [1.54, 1.807) is 17.6 Å². The van der Waals surface area contributed by atoms with Gasteiger partial charge in [-0.15, -0.1) is 11.3 Å². The van der Waals surface area contributed by atoms with Gasteiger partial charge in [-0.05, 0) is 80.8 Å². The molecular formula is C33H32N2O5S. The third-order valence-corrected chi connectivity index (χ3v) is 8.51. The summed E-state index contributed by atoms with van der Waals surface area (Å²) < 4.78 is 19.2. The van der Waals surface area contributed by atoms with Crippen LogP contribution >= 0.6 is 11.3 Å². The minimum atomic E-state index is -0.638. The number of nitrogens with one attached hydrogen (secondary N) is 1. The molecule has 8 heteroatoms. The van der Waals surface area contributed by atoms with Gasteiger partial charge in [-0.1, -0.05) is 24.3 Å². The molecule has 1 amide bonds. The Balaban J connectivity index is 1.27. The van der Waals surface area contributed by atoms with E-state index in [2.05, 4.69) is 24.4 Å². The molecular weight excluding hydrogens is 536 g/mol. The summed E-state index contributed by atoms with van der Waals surface area (Å²) in [5.41, 5.74) is 5.59. The molecule has 3 atom stereocenters. The summed E-state index contributed by atoms with van der Waals surface area (Å²) in [6.07, 6.45) is 4.25. The fraction of sp³-hybridized carbons (Fsp3) is 0.273. The number of ether oxygens (including phenoxy) is 2. The molecule has 7 nitrogen and oxygen atoms in total. The van der Waals surface area contributed by atoms with Crippen LogP contribution in [0.15, 0.2) is 89.2 Å². The van der Waals surface area contributed by atoms with Gasteiger partial charge in [0.05, 0.1) is 16.5 Å². The van der Waals surface area contributed by atoms with Gasteiger partial charge in [-0.3, -0.25) is 4.79 Å². The number of rotatable bonds is 9. The first-order valence-corrected chi connectivity index (χ1v) is 14.7. The van der Waals surface area contributed by atoms with E-state index >= 15 is 0 Å². The fourth-order valence-corrected chi connectivity index (χ4v) is 6.49. The molecule has 41 heavy (non-hydrogen) atoms. The van der Waals surface area contributed by atoms with Crippen molar-refractivity contribution in [3.8, 4) is 10.6 Å². The zero-order valence-corrected chi connectivity index (χ0v) is 23.8. The normalized spacial score (nSPS) is 18.8. The number of para-hydroxylation sites is 1. The van der Waals surface area contributed by atoms with Gasteiger partial charge in [0.2, 0.25) is 6.29 Å². The van der Waals surface area contributed by atoms with Crippen LogP contribution in [0.25, 0.3) is 31.8 Å². The van der Waals surface area contributed by atoms with E-state index in [9.17, 15) is 9.90 Å². The summed E-state index contributed by atoms with van der Waals surface area (Å²) in [5.74, 6) is -0.446. The zero-order valence-electron chi connectivity index (χ0n) is 23.0. The maximum absolute atomic E-state index is 13.5. The molecule has 0 bridgehead atoms. The Bertz CT molecular complexity index is 1700. The maximum Gasteiger partial charge on any atom is 0.290 e. The van der Waals surface area contributed by atoms with Crippen molar-refractivity contribution in [3.63, 3.8) is 0 Å². The van der Waals surface area contributed by atoms with E-state index in [0.29, 0.717) is 25.1 Å². The Labute approximate surface area is 242 Å².